The van der Waals surface area contributed by atoms with Crippen molar-refractivity contribution in [2.45, 2.75) is 0 Å². The predicted octanol–water partition coefficient (Wildman–Crippen LogP) is 2.82. The van der Waals surface area contributed by atoms with E-state index in [1.165, 1.54) is 11.1 Å². The molecule has 0 saturated heterocycles. The van der Waals surface area contributed by atoms with Gasteiger partial charge in [0, 0.05) is 26.2 Å². The van der Waals surface area contributed by atoms with E-state index in [0.29, 0.717) is 0 Å². The Bertz CT molecular complexity index is 210. The minimum absolute atomic E-state index is 0. The standard InChI is InChI=1S/C8H6.2ClH.Zr/c1-3-7-5-2-6-8(7)4-1;;;/h1-6H;2*1H;. The molecule has 0 amide bonds. The third kappa shape index (κ3) is 2.74. The van der Waals surface area contributed by atoms with Gasteiger partial charge in [0.25, 0.3) is 0 Å². The van der Waals surface area contributed by atoms with Gasteiger partial charge in [0.15, 0.2) is 0 Å². The van der Waals surface area contributed by atoms with Crippen LogP contribution in [0, 0.1) is 0 Å². The molecule has 0 atom stereocenters. The van der Waals surface area contributed by atoms with E-state index < -0.39 is 0 Å². The van der Waals surface area contributed by atoms with Crippen LogP contribution < -0.4 is 0 Å². The molecule has 0 aromatic carbocycles. The largest absolute Gasteiger partial charge is 0.147 e. The van der Waals surface area contributed by atoms with Crippen molar-refractivity contribution in [1.82, 2.24) is 0 Å². The molecule has 0 spiro atoms. The molecule has 0 aromatic heterocycles. The van der Waals surface area contributed by atoms with Crippen LogP contribution in [0.3, 0.4) is 0 Å². The summed E-state index contributed by atoms with van der Waals surface area (Å²) in [6.45, 7) is 0. The molecule has 0 saturated carbocycles. The van der Waals surface area contributed by atoms with Gasteiger partial charge in [-0.1, -0.05) is 36.5 Å². The molecule has 11 heavy (non-hydrogen) atoms. The van der Waals surface area contributed by atoms with Crippen LogP contribution in [-0.4, -0.2) is 0 Å². The quantitative estimate of drug-likeness (QED) is 0.632. The topological polar surface area (TPSA) is 0 Å². The zero-order chi connectivity index (χ0) is 5.40. The van der Waals surface area contributed by atoms with Crippen LogP contribution in [0.15, 0.2) is 47.6 Å². The Balaban J connectivity index is 0. The third-order valence-electron chi connectivity index (χ3n) is 1.44. The van der Waals surface area contributed by atoms with Crippen LogP contribution in [0.2, 0.25) is 0 Å². The predicted molar refractivity (Wildman–Crippen MR) is 48.9 cm³/mol. The van der Waals surface area contributed by atoms with Crippen molar-refractivity contribution < 1.29 is 26.2 Å². The number of fused-ring (bicyclic) bond motifs is 1. The molecule has 58 valence electrons. The molecule has 0 unspecified atom stereocenters. The smallest absolute Gasteiger partial charge is 0 e. The van der Waals surface area contributed by atoms with Gasteiger partial charge in [-0.15, -0.1) is 24.8 Å². The van der Waals surface area contributed by atoms with E-state index in [9.17, 15) is 0 Å². The third-order valence-corrected chi connectivity index (χ3v) is 1.44. The first-order valence-corrected chi connectivity index (χ1v) is 2.74. The van der Waals surface area contributed by atoms with E-state index in [0.717, 1.165) is 0 Å². The molecule has 0 heterocycles. The zero-order valence-electron chi connectivity index (χ0n) is 5.78. The summed E-state index contributed by atoms with van der Waals surface area (Å²) in [4.78, 5) is 0. The summed E-state index contributed by atoms with van der Waals surface area (Å²) in [5, 5.41) is 0. The minimum atomic E-state index is 0. The van der Waals surface area contributed by atoms with E-state index >= 15 is 0 Å². The summed E-state index contributed by atoms with van der Waals surface area (Å²) < 4.78 is 0. The van der Waals surface area contributed by atoms with Gasteiger partial charge in [0.05, 0.1) is 0 Å². The van der Waals surface area contributed by atoms with Crippen LogP contribution >= 0.6 is 24.8 Å². The maximum absolute atomic E-state index is 2.12. The monoisotopic (exact) mass is 264 g/mol. The summed E-state index contributed by atoms with van der Waals surface area (Å²) in [6, 6.07) is 0. The number of halogens is 2. The molecule has 0 aromatic rings. The first-order valence-electron chi connectivity index (χ1n) is 2.74. The van der Waals surface area contributed by atoms with Crippen molar-refractivity contribution in [1.29, 1.82) is 0 Å². The summed E-state index contributed by atoms with van der Waals surface area (Å²) in [5.41, 5.74) is 2.70. The van der Waals surface area contributed by atoms with Gasteiger partial charge in [-0.3, -0.25) is 0 Å². The molecule has 0 radical (unpaired) electrons. The van der Waals surface area contributed by atoms with Crippen LogP contribution in [0.5, 0.6) is 0 Å². The maximum Gasteiger partial charge on any atom is 0 e. The fourth-order valence-corrected chi connectivity index (χ4v) is 1.01. The fourth-order valence-electron chi connectivity index (χ4n) is 1.01. The molecule has 0 bridgehead atoms. The Hall–Kier alpha value is 0.423. The van der Waals surface area contributed by atoms with Gasteiger partial charge in [-0.05, 0) is 11.1 Å². The van der Waals surface area contributed by atoms with Gasteiger partial charge in [-0.25, -0.2) is 0 Å². The molecule has 2 rings (SSSR count). The van der Waals surface area contributed by atoms with Gasteiger partial charge in [-0.2, -0.15) is 0 Å². The summed E-state index contributed by atoms with van der Waals surface area (Å²) in [6.07, 6.45) is 12.6. The van der Waals surface area contributed by atoms with Crippen molar-refractivity contribution >= 4 is 24.8 Å². The van der Waals surface area contributed by atoms with Gasteiger partial charge >= 0.3 is 0 Å². The average molecular weight is 266 g/mol. The molecular formula is C8H8Cl2Zr. The number of allylic oxidation sites excluding steroid dienone is 8. The SMILES string of the molecule is C1=CC2=CC=CC2=C1.Cl.Cl.[Zr]. The number of hydrogen-bond acceptors (Lipinski definition) is 0. The van der Waals surface area contributed by atoms with E-state index in [2.05, 4.69) is 36.5 Å². The van der Waals surface area contributed by atoms with Gasteiger partial charge in [0.2, 0.25) is 0 Å². The van der Waals surface area contributed by atoms with Crippen molar-refractivity contribution in [3.8, 4) is 0 Å². The minimum Gasteiger partial charge on any atom is -0.147 e. The van der Waals surface area contributed by atoms with Gasteiger partial charge in [0.1, 0.15) is 0 Å². The summed E-state index contributed by atoms with van der Waals surface area (Å²) in [7, 11) is 0. The summed E-state index contributed by atoms with van der Waals surface area (Å²) in [5.74, 6) is 0. The normalized spacial score (nSPS) is 15.3. The Morgan fingerprint density at radius 1 is 0.727 bits per heavy atom. The second kappa shape index (κ2) is 6.00. The fraction of sp³-hybridized carbons (Fsp3) is 0. The van der Waals surface area contributed by atoms with Crippen LogP contribution in [0.25, 0.3) is 0 Å². The Morgan fingerprint density at radius 3 is 1.45 bits per heavy atom. The van der Waals surface area contributed by atoms with Crippen molar-refractivity contribution in [2.24, 2.45) is 0 Å². The van der Waals surface area contributed by atoms with Crippen LogP contribution in [0.4, 0.5) is 0 Å². The van der Waals surface area contributed by atoms with Crippen LogP contribution in [0.1, 0.15) is 0 Å². The number of hydrogen-bond donors (Lipinski definition) is 0. The van der Waals surface area contributed by atoms with Crippen molar-refractivity contribution in [3.05, 3.63) is 47.6 Å². The first-order chi connectivity index (χ1) is 3.97. The summed E-state index contributed by atoms with van der Waals surface area (Å²) >= 11 is 0. The molecule has 0 fully saturated rings. The Labute approximate surface area is 98.1 Å². The van der Waals surface area contributed by atoms with Gasteiger partial charge < -0.3 is 0 Å². The first kappa shape index (κ1) is 14.0. The van der Waals surface area contributed by atoms with E-state index in [4.69, 9.17) is 0 Å². The molecule has 0 aliphatic heterocycles. The molecule has 3 heteroatoms. The van der Waals surface area contributed by atoms with E-state index in [-0.39, 0.29) is 51.0 Å². The van der Waals surface area contributed by atoms with E-state index in [1.807, 2.05) is 0 Å². The van der Waals surface area contributed by atoms with Crippen molar-refractivity contribution in [3.63, 3.8) is 0 Å². The maximum atomic E-state index is 2.12. The molecule has 2 aliphatic carbocycles. The zero-order valence-corrected chi connectivity index (χ0v) is 9.87. The Kier molecular flexibility index (Phi) is 7.62. The van der Waals surface area contributed by atoms with E-state index in [1.54, 1.807) is 0 Å². The second-order valence-electron chi connectivity index (χ2n) is 1.96. The second-order valence-corrected chi connectivity index (χ2v) is 1.96. The Morgan fingerprint density at radius 2 is 1.09 bits per heavy atom. The molecular weight excluding hydrogens is 258 g/mol. The molecule has 2 aliphatic rings. The average Bonchev–Trinajstić information content (AvgIpc) is 2.15. The molecule has 0 nitrogen and oxygen atoms in total. The number of rotatable bonds is 0. The van der Waals surface area contributed by atoms with Crippen LogP contribution in [-0.2, 0) is 26.2 Å². The van der Waals surface area contributed by atoms with Crippen molar-refractivity contribution in [2.75, 3.05) is 0 Å². The molecule has 0 N–H and O–H groups in total.